The lowest BCUT2D eigenvalue weighted by Gasteiger charge is -2.14. The van der Waals surface area contributed by atoms with E-state index in [0.717, 1.165) is 11.1 Å². The molecule has 5 nitrogen and oxygen atoms in total. The number of hydrogen-bond acceptors (Lipinski definition) is 3. The standard InChI is InChI=1S/C27H22N2O3/c30-25-14-16-28-26-18(7-5-13-23(25)26)8-6-15-29-27(31)32-17-24-21-11-3-1-9-19(21)20-10-2-4-12-22(20)24/h1-14,16,24H,15,17H2,(H,28,30)(H,29,31). The molecule has 0 saturated heterocycles. The number of aromatic nitrogens is 1. The van der Waals surface area contributed by atoms with Crippen LogP contribution in [0.25, 0.3) is 28.1 Å². The number of aromatic amines is 1. The van der Waals surface area contributed by atoms with Crippen LogP contribution in [0.5, 0.6) is 0 Å². The van der Waals surface area contributed by atoms with Crippen LogP contribution < -0.4 is 10.7 Å². The lowest BCUT2D eigenvalue weighted by molar-refractivity contribution is 0.144. The molecule has 5 heteroatoms. The first-order chi connectivity index (χ1) is 15.7. The number of benzene rings is 3. The van der Waals surface area contributed by atoms with E-state index >= 15 is 0 Å². The average molecular weight is 422 g/mol. The summed E-state index contributed by atoms with van der Waals surface area (Å²) in [6.45, 7) is 0.609. The molecule has 1 amide bonds. The lowest BCUT2D eigenvalue weighted by Crippen LogP contribution is -2.26. The number of H-pyrrole nitrogens is 1. The largest absolute Gasteiger partial charge is 0.449 e. The first kappa shape index (κ1) is 19.8. The Labute approximate surface area is 185 Å². The highest BCUT2D eigenvalue weighted by atomic mass is 16.5. The molecule has 1 aliphatic rings. The minimum atomic E-state index is -0.456. The smallest absolute Gasteiger partial charge is 0.407 e. The van der Waals surface area contributed by atoms with Gasteiger partial charge in [-0.1, -0.05) is 72.8 Å². The number of carbonyl (C=O) groups excluding carboxylic acids is 1. The Bertz CT molecular complexity index is 1340. The van der Waals surface area contributed by atoms with Crippen LogP contribution in [-0.2, 0) is 4.74 Å². The van der Waals surface area contributed by atoms with Gasteiger partial charge in [-0.15, -0.1) is 0 Å². The number of rotatable bonds is 5. The summed E-state index contributed by atoms with van der Waals surface area (Å²) in [6.07, 6.45) is 4.89. The molecule has 1 aliphatic carbocycles. The molecule has 3 aromatic carbocycles. The third-order valence-electron chi connectivity index (χ3n) is 5.83. The Kier molecular flexibility index (Phi) is 5.30. The number of fused-ring (bicyclic) bond motifs is 4. The van der Waals surface area contributed by atoms with Crippen molar-refractivity contribution in [1.82, 2.24) is 10.3 Å². The Balaban J connectivity index is 1.21. The molecule has 4 aromatic rings. The van der Waals surface area contributed by atoms with E-state index in [-0.39, 0.29) is 18.0 Å². The van der Waals surface area contributed by atoms with Gasteiger partial charge in [0.25, 0.3) is 0 Å². The molecule has 1 heterocycles. The Hall–Kier alpha value is -4.12. The van der Waals surface area contributed by atoms with Crippen LogP contribution in [0.1, 0.15) is 22.6 Å². The summed E-state index contributed by atoms with van der Waals surface area (Å²) >= 11 is 0. The molecule has 0 unspecified atom stereocenters. The van der Waals surface area contributed by atoms with E-state index < -0.39 is 6.09 Å². The fourth-order valence-corrected chi connectivity index (χ4v) is 4.34. The number of para-hydroxylation sites is 1. The fraction of sp³-hybridized carbons (Fsp3) is 0.111. The second-order valence-corrected chi connectivity index (χ2v) is 7.72. The van der Waals surface area contributed by atoms with Crippen molar-refractivity contribution in [3.63, 3.8) is 0 Å². The maximum absolute atomic E-state index is 12.3. The van der Waals surface area contributed by atoms with Gasteiger partial charge >= 0.3 is 6.09 Å². The molecule has 158 valence electrons. The minimum absolute atomic E-state index is 0.0224. The summed E-state index contributed by atoms with van der Waals surface area (Å²) in [5.41, 5.74) is 6.41. The van der Waals surface area contributed by atoms with Crippen molar-refractivity contribution in [2.75, 3.05) is 13.2 Å². The zero-order valence-electron chi connectivity index (χ0n) is 17.4. The molecule has 0 saturated carbocycles. The highest BCUT2D eigenvalue weighted by Crippen LogP contribution is 2.44. The van der Waals surface area contributed by atoms with E-state index in [1.54, 1.807) is 12.3 Å². The van der Waals surface area contributed by atoms with E-state index in [9.17, 15) is 9.59 Å². The fourth-order valence-electron chi connectivity index (χ4n) is 4.34. The van der Waals surface area contributed by atoms with Gasteiger partial charge in [0.05, 0.1) is 5.52 Å². The maximum Gasteiger partial charge on any atom is 0.407 e. The molecule has 0 spiro atoms. The summed E-state index contributed by atoms with van der Waals surface area (Å²) < 4.78 is 5.55. The van der Waals surface area contributed by atoms with Crippen LogP contribution in [-0.4, -0.2) is 24.2 Å². The number of alkyl carbamates (subject to hydrolysis) is 1. The molecule has 2 N–H and O–H groups in total. The molecule has 5 rings (SSSR count). The first-order valence-electron chi connectivity index (χ1n) is 10.6. The predicted molar refractivity (Wildman–Crippen MR) is 127 cm³/mol. The van der Waals surface area contributed by atoms with Crippen LogP contribution >= 0.6 is 0 Å². The van der Waals surface area contributed by atoms with Crippen molar-refractivity contribution < 1.29 is 9.53 Å². The van der Waals surface area contributed by atoms with Gasteiger partial charge in [0.2, 0.25) is 0 Å². The van der Waals surface area contributed by atoms with Gasteiger partial charge in [-0.3, -0.25) is 4.79 Å². The zero-order chi connectivity index (χ0) is 21.9. The summed E-state index contributed by atoms with van der Waals surface area (Å²) in [5.74, 6) is 0.0381. The molecule has 0 aliphatic heterocycles. The summed E-state index contributed by atoms with van der Waals surface area (Å²) in [5, 5.41) is 3.40. The number of carbonyl (C=O) groups is 1. The SMILES string of the molecule is O=C(NCC=Cc1cccc2c(=O)cc[nH]c12)OCC1c2ccccc2-c2ccccc21. The molecule has 0 bridgehead atoms. The molecular weight excluding hydrogens is 400 g/mol. The normalized spacial score (nSPS) is 12.6. The van der Waals surface area contributed by atoms with E-state index in [0.29, 0.717) is 11.9 Å². The molecule has 32 heavy (non-hydrogen) atoms. The van der Waals surface area contributed by atoms with Gasteiger partial charge in [0.15, 0.2) is 5.43 Å². The lowest BCUT2D eigenvalue weighted by atomic mass is 9.98. The van der Waals surface area contributed by atoms with Crippen molar-refractivity contribution in [3.8, 4) is 11.1 Å². The predicted octanol–water partition coefficient (Wildman–Crippen LogP) is 5.08. The Morgan fingerprint density at radius 3 is 2.41 bits per heavy atom. The zero-order valence-corrected chi connectivity index (χ0v) is 17.4. The van der Waals surface area contributed by atoms with Gasteiger partial charge in [-0.2, -0.15) is 0 Å². The van der Waals surface area contributed by atoms with Crippen LogP contribution in [0, 0.1) is 0 Å². The second-order valence-electron chi connectivity index (χ2n) is 7.72. The van der Waals surface area contributed by atoms with Gasteiger partial charge in [-0.05, 0) is 33.9 Å². The van der Waals surface area contributed by atoms with Crippen molar-refractivity contribution in [3.05, 3.63) is 112 Å². The van der Waals surface area contributed by atoms with Crippen molar-refractivity contribution in [2.24, 2.45) is 0 Å². The Morgan fingerprint density at radius 2 is 1.66 bits per heavy atom. The molecular formula is C27H22N2O3. The monoisotopic (exact) mass is 422 g/mol. The van der Waals surface area contributed by atoms with Gasteiger partial charge in [0, 0.05) is 30.1 Å². The first-order valence-corrected chi connectivity index (χ1v) is 10.6. The summed E-state index contributed by atoms with van der Waals surface area (Å²) in [4.78, 5) is 27.4. The minimum Gasteiger partial charge on any atom is -0.449 e. The molecule has 1 aromatic heterocycles. The molecule has 0 radical (unpaired) electrons. The highest BCUT2D eigenvalue weighted by Gasteiger charge is 2.28. The number of amides is 1. The van der Waals surface area contributed by atoms with E-state index in [1.807, 2.05) is 48.6 Å². The third kappa shape index (κ3) is 3.69. The topological polar surface area (TPSA) is 71.2 Å². The van der Waals surface area contributed by atoms with Crippen LogP contribution in [0.15, 0.2) is 89.9 Å². The van der Waals surface area contributed by atoms with Gasteiger partial charge in [-0.25, -0.2) is 4.79 Å². The van der Waals surface area contributed by atoms with E-state index in [1.165, 1.54) is 28.3 Å². The van der Waals surface area contributed by atoms with Crippen LogP contribution in [0.2, 0.25) is 0 Å². The van der Waals surface area contributed by atoms with Gasteiger partial charge < -0.3 is 15.0 Å². The second kappa shape index (κ2) is 8.55. The van der Waals surface area contributed by atoms with Crippen molar-refractivity contribution >= 4 is 23.1 Å². The average Bonchev–Trinajstić information content (AvgIpc) is 3.15. The van der Waals surface area contributed by atoms with E-state index in [4.69, 9.17) is 4.74 Å². The summed E-state index contributed by atoms with van der Waals surface area (Å²) in [6, 6.07) is 23.6. The number of pyridine rings is 1. The highest BCUT2D eigenvalue weighted by molar-refractivity contribution is 5.86. The number of ether oxygens (including phenoxy) is 1. The summed E-state index contributed by atoms with van der Waals surface area (Å²) in [7, 11) is 0. The molecule has 0 atom stereocenters. The van der Waals surface area contributed by atoms with Crippen LogP contribution in [0.3, 0.4) is 0 Å². The maximum atomic E-state index is 12.3. The quantitative estimate of drug-likeness (QED) is 0.471. The molecule has 0 fully saturated rings. The number of nitrogens with one attached hydrogen (secondary N) is 2. The third-order valence-corrected chi connectivity index (χ3v) is 5.83. The Morgan fingerprint density at radius 1 is 0.938 bits per heavy atom. The van der Waals surface area contributed by atoms with Crippen LogP contribution in [0.4, 0.5) is 4.79 Å². The van der Waals surface area contributed by atoms with Crippen molar-refractivity contribution in [2.45, 2.75) is 5.92 Å². The van der Waals surface area contributed by atoms with Gasteiger partial charge in [0.1, 0.15) is 6.61 Å². The van der Waals surface area contributed by atoms with E-state index in [2.05, 4.69) is 34.6 Å². The number of hydrogen-bond donors (Lipinski definition) is 2. The van der Waals surface area contributed by atoms with Crippen molar-refractivity contribution in [1.29, 1.82) is 0 Å².